The molecule has 1 aliphatic rings. The summed E-state index contributed by atoms with van der Waals surface area (Å²) in [6, 6.07) is 7.26. The van der Waals surface area contributed by atoms with Crippen molar-refractivity contribution >= 4 is 29.9 Å². The second-order valence-corrected chi connectivity index (χ2v) is 6.39. The molecular weight excluding hydrogens is 446 g/mol. The topological polar surface area (TPSA) is 48.9 Å². The van der Waals surface area contributed by atoms with E-state index in [0.29, 0.717) is 12.6 Å². The molecule has 0 radical (unpaired) electrons. The first kappa shape index (κ1) is 23.1. The molecule has 1 aromatic rings. The predicted octanol–water partition coefficient (Wildman–Crippen LogP) is 3.17. The third-order valence-electron chi connectivity index (χ3n) is 4.50. The molecule has 2 N–H and O–H groups in total. The molecule has 0 spiro atoms. The van der Waals surface area contributed by atoms with Gasteiger partial charge in [0.05, 0.1) is 25.8 Å². The zero-order valence-corrected chi connectivity index (χ0v) is 18.3. The molecule has 0 bridgehead atoms. The summed E-state index contributed by atoms with van der Waals surface area (Å²) in [5.41, 5.74) is 1.09. The average molecular weight is 478 g/mol. The third-order valence-corrected chi connectivity index (χ3v) is 4.50. The number of guanidine groups is 1. The molecule has 5 nitrogen and oxygen atoms in total. The minimum Gasteiger partial charge on any atom is -0.379 e. The summed E-state index contributed by atoms with van der Waals surface area (Å²) in [5.74, 6) is 0.622. The lowest BCUT2D eigenvalue weighted by Crippen LogP contribution is -2.43. The normalized spacial score (nSPS) is 17.9. The minimum absolute atomic E-state index is 0. The highest BCUT2D eigenvalue weighted by Crippen LogP contribution is 2.22. The predicted molar refractivity (Wildman–Crippen MR) is 116 cm³/mol. The Balaban J connectivity index is 0.00000338. The molecule has 1 aliphatic heterocycles. The van der Waals surface area contributed by atoms with Crippen LogP contribution in [-0.4, -0.2) is 56.3 Å². The Bertz CT molecular complexity index is 535. The van der Waals surface area contributed by atoms with Gasteiger partial charge >= 0.3 is 0 Å². The van der Waals surface area contributed by atoms with Crippen LogP contribution in [0, 0.1) is 5.82 Å². The zero-order valence-electron chi connectivity index (χ0n) is 16.0. The summed E-state index contributed by atoms with van der Waals surface area (Å²) in [6.07, 6.45) is 1.04. The van der Waals surface area contributed by atoms with Crippen LogP contribution in [0.1, 0.15) is 38.8 Å². The van der Waals surface area contributed by atoms with Crippen LogP contribution < -0.4 is 10.6 Å². The highest BCUT2D eigenvalue weighted by atomic mass is 127. The fourth-order valence-corrected chi connectivity index (χ4v) is 2.84. The maximum absolute atomic E-state index is 13.3. The monoisotopic (exact) mass is 478 g/mol. The quantitative estimate of drug-likeness (QED) is 0.359. The van der Waals surface area contributed by atoms with Crippen molar-refractivity contribution in [2.24, 2.45) is 4.99 Å². The van der Waals surface area contributed by atoms with Crippen LogP contribution in [0.4, 0.5) is 4.39 Å². The molecule has 2 atom stereocenters. The van der Waals surface area contributed by atoms with Gasteiger partial charge in [-0.2, -0.15) is 0 Å². The number of aliphatic imine (C=N–C) groups is 1. The van der Waals surface area contributed by atoms with Gasteiger partial charge in [-0.3, -0.25) is 9.89 Å². The van der Waals surface area contributed by atoms with Crippen molar-refractivity contribution in [3.05, 3.63) is 35.6 Å². The van der Waals surface area contributed by atoms with E-state index in [0.717, 1.165) is 50.8 Å². The molecule has 26 heavy (non-hydrogen) atoms. The number of hydrogen-bond donors (Lipinski definition) is 2. The summed E-state index contributed by atoms with van der Waals surface area (Å²) in [7, 11) is 0. The fourth-order valence-electron chi connectivity index (χ4n) is 2.84. The van der Waals surface area contributed by atoms with E-state index in [1.54, 1.807) is 0 Å². The van der Waals surface area contributed by atoms with Crippen LogP contribution in [-0.2, 0) is 4.74 Å². The standard InChI is InChI=1S/C19H31FN4O.HI/c1-4-15(3)23-19(21-5-2)22-14-18(24-10-12-25-13-11-24)16-6-8-17(20)9-7-16;/h6-9,15,18H,4-5,10-14H2,1-3H3,(H2,21,22,23);1H. The van der Waals surface area contributed by atoms with Gasteiger partial charge in [-0.15, -0.1) is 24.0 Å². The molecular formula is C19H32FIN4O. The van der Waals surface area contributed by atoms with Crippen molar-refractivity contribution in [3.63, 3.8) is 0 Å². The van der Waals surface area contributed by atoms with E-state index in [9.17, 15) is 4.39 Å². The van der Waals surface area contributed by atoms with Crippen molar-refractivity contribution < 1.29 is 9.13 Å². The summed E-state index contributed by atoms with van der Waals surface area (Å²) in [4.78, 5) is 7.16. The zero-order chi connectivity index (χ0) is 18.1. The first-order valence-electron chi connectivity index (χ1n) is 9.26. The van der Waals surface area contributed by atoms with Gasteiger partial charge in [0.2, 0.25) is 0 Å². The molecule has 1 saturated heterocycles. The van der Waals surface area contributed by atoms with Crippen LogP contribution in [0.15, 0.2) is 29.3 Å². The second kappa shape index (κ2) is 12.5. The van der Waals surface area contributed by atoms with Crippen molar-refractivity contribution in [1.29, 1.82) is 0 Å². The van der Waals surface area contributed by atoms with E-state index < -0.39 is 0 Å². The molecule has 0 amide bonds. The molecule has 7 heteroatoms. The number of hydrogen-bond acceptors (Lipinski definition) is 3. The van der Waals surface area contributed by atoms with Gasteiger partial charge in [0.15, 0.2) is 5.96 Å². The summed E-state index contributed by atoms with van der Waals surface area (Å²) >= 11 is 0. The first-order valence-corrected chi connectivity index (χ1v) is 9.26. The number of rotatable bonds is 7. The van der Waals surface area contributed by atoms with Crippen LogP contribution in [0.25, 0.3) is 0 Å². The third kappa shape index (κ3) is 7.36. The Labute approximate surface area is 173 Å². The lowest BCUT2D eigenvalue weighted by molar-refractivity contribution is 0.0179. The van der Waals surface area contributed by atoms with E-state index in [4.69, 9.17) is 9.73 Å². The maximum Gasteiger partial charge on any atom is 0.191 e. The van der Waals surface area contributed by atoms with Crippen molar-refractivity contribution in [1.82, 2.24) is 15.5 Å². The SMILES string of the molecule is CCNC(=NCC(c1ccc(F)cc1)N1CCOCC1)NC(C)CC.I. The summed E-state index contributed by atoms with van der Waals surface area (Å²) < 4.78 is 18.8. The molecule has 148 valence electrons. The van der Waals surface area contributed by atoms with Gasteiger partial charge in [0, 0.05) is 25.7 Å². The number of halogens is 2. The number of nitrogens with one attached hydrogen (secondary N) is 2. The number of morpholine rings is 1. The first-order chi connectivity index (χ1) is 12.1. The van der Waals surface area contributed by atoms with E-state index in [1.165, 1.54) is 12.1 Å². The highest BCUT2D eigenvalue weighted by molar-refractivity contribution is 14.0. The smallest absolute Gasteiger partial charge is 0.191 e. The average Bonchev–Trinajstić information content (AvgIpc) is 2.64. The van der Waals surface area contributed by atoms with Crippen LogP contribution in [0.5, 0.6) is 0 Å². The van der Waals surface area contributed by atoms with Crippen LogP contribution in [0.2, 0.25) is 0 Å². The Kier molecular flexibility index (Phi) is 11.1. The van der Waals surface area contributed by atoms with E-state index in [1.807, 2.05) is 12.1 Å². The van der Waals surface area contributed by atoms with Crippen molar-refractivity contribution in [2.75, 3.05) is 39.4 Å². The number of benzene rings is 1. The largest absolute Gasteiger partial charge is 0.379 e. The Morgan fingerprint density at radius 3 is 2.46 bits per heavy atom. The van der Waals surface area contributed by atoms with Gasteiger partial charge in [0.1, 0.15) is 5.82 Å². The summed E-state index contributed by atoms with van der Waals surface area (Å²) in [5, 5.41) is 6.72. The van der Waals surface area contributed by atoms with E-state index in [-0.39, 0.29) is 35.8 Å². The molecule has 1 fully saturated rings. The molecule has 2 unspecified atom stereocenters. The second-order valence-electron chi connectivity index (χ2n) is 6.39. The van der Waals surface area contributed by atoms with Gasteiger partial charge in [-0.25, -0.2) is 4.39 Å². The lowest BCUT2D eigenvalue weighted by atomic mass is 10.0. The molecule has 1 aromatic carbocycles. The lowest BCUT2D eigenvalue weighted by Gasteiger charge is -2.34. The molecule has 2 rings (SSSR count). The molecule has 0 aromatic heterocycles. The number of nitrogens with zero attached hydrogens (tertiary/aromatic N) is 2. The van der Waals surface area contributed by atoms with Crippen LogP contribution in [0.3, 0.4) is 0 Å². The van der Waals surface area contributed by atoms with Crippen LogP contribution >= 0.6 is 24.0 Å². The Hall–Kier alpha value is -0.930. The maximum atomic E-state index is 13.3. The minimum atomic E-state index is -0.209. The fraction of sp³-hybridized carbons (Fsp3) is 0.632. The molecule has 1 heterocycles. The highest BCUT2D eigenvalue weighted by Gasteiger charge is 2.22. The van der Waals surface area contributed by atoms with E-state index >= 15 is 0 Å². The van der Waals surface area contributed by atoms with Gasteiger partial charge in [-0.1, -0.05) is 19.1 Å². The molecule has 0 aliphatic carbocycles. The Morgan fingerprint density at radius 1 is 1.23 bits per heavy atom. The van der Waals surface area contributed by atoms with Gasteiger partial charge in [-0.05, 0) is 38.0 Å². The Morgan fingerprint density at radius 2 is 1.88 bits per heavy atom. The van der Waals surface area contributed by atoms with Crippen molar-refractivity contribution in [2.45, 2.75) is 39.3 Å². The molecule has 0 saturated carbocycles. The van der Waals surface area contributed by atoms with E-state index in [2.05, 4.69) is 36.3 Å². The summed E-state index contributed by atoms with van der Waals surface area (Å²) in [6.45, 7) is 11.0. The van der Waals surface area contributed by atoms with Crippen molar-refractivity contribution in [3.8, 4) is 0 Å². The van der Waals surface area contributed by atoms with Gasteiger partial charge < -0.3 is 15.4 Å². The number of ether oxygens (including phenoxy) is 1. The van der Waals surface area contributed by atoms with Gasteiger partial charge in [0.25, 0.3) is 0 Å².